The van der Waals surface area contributed by atoms with Crippen LogP contribution in [0, 0.1) is 5.92 Å². The number of benzene rings is 1. The van der Waals surface area contributed by atoms with Crippen molar-refractivity contribution in [3.63, 3.8) is 0 Å². The van der Waals surface area contributed by atoms with Crippen molar-refractivity contribution < 1.29 is 10.0 Å². The molecule has 1 heterocycles. The first-order valence-corrected chi connectivity index (χ1v) is 7.15. The lowest BCUT2D eigenvalue weighted by atomic mass is 10.1. The highest BCUT2D eigenvalue weighted by Gasteiger charge is 2.18. The van der Waals surface area contributed by atoms with E-state index < -0.39 is 0 Å². The Kier molecular flexibility index (Phi) is 5.06. The fraction of sp³-hybridized carbons (Fsp3) is 0.312. The van der Waals surface area contributed by atoms with Crippen LogP contribution in [0.2, 0.25) is 0 Å². The number of nitrogens with zero attached hydrogens (tertiary/aromatic N) is 3. The number of hydrogen-bond acceptors (Lipinski definition) is 5. The Hall–Kier alpha value is -2.47. The van der Waals surface area contributed by atoms with Gasteiger partial charge in [-0.05, 0) is 25.0 Å². The summed E-state index contributed by atoms with van der Waals surface area (Å²) in [4.78, 5) is 20.2. The smallest absolute Gasteiger partial charge is 0.274 e. The van der Waals surface area contributed by atoms with Crippen LogP contribution in [0.15, 0.2) is 42.7 Å². The van der Waals surface area contributed by atoms with Crippen LogP contribution in [-0.2, 0) is 0 Å². The van der Waals surface area contributed by atoms with E-state index in [4.69, 9.17) is 0 Å². The number of amides is 1. The first-order valence-electron chi connectivity index (χ1n) is 7.15. The van der Waals surface area contributed by atoms with Crippen LogP contribution in [0.1, 0.15) is 31.3 Å². The molecular formula is C16H20N4O2. The van der Waals surface area contributed by atoms with Crippen molar-refractivity contribution >= 4 is 17.4 Å². The van der Waals surface area contributed by atoms with Crippen molar-refractivity contribution in [3.05, 3.63) is 48.4 Å². The maximum atomic E-state index is 12.2. The zero-order valence-corrected chi connectivity index (χ0v) is 12.9. The molecule has 2 rings (SSSR count). The molecule has 0 fully saturated rings. The molecule has 1 aromatic carbocycles. The SMILES string of the molecule is CC(C)[C@@H](C)N(O)c1cc(C(=O)Nc2ccccc2)ncn1. The number of anilines is 2. The number of nitrogens with one attached hydrogen (secondary N) is 1. The third-order valence-corrected chi connectivity index (χ3v) is 3.50. The fourth-order valence-electron chi connectivity index (χ4n) is 1.80. The number of para-hydroxylation sites is 1. The van der Waals surface area contributed by atoms with Gasteiger partial charge in [-0.3, -0.25) is 10.0 Å². The Morgan fingerprint density at radius 3 is 2.50 bits per heavy atom. The van der Waals surface area contributed by atoms with Crippen LogP contribution < -0.4 is 10.4 Å². The highest BCUT2D eigenvalue weighted by molar-refractivity contribution is 6.03. The van der Waals surface area contributed by atoms with E-state index in [1.807, 2.05) is 39.0 Å². The first-order chi connectivity index (χ1) is 10.5. The molecule has 0 unspecified atom stereocenters. The minimum absolute atomic E-state index is 0.125. The summed E-state index contributed by atoms with van der Waals surface area (Å²) >= 11 is 0. The molecule has 0 radical (unpaired) electrons. The summed E-state index contributed by atoms with van der Waals surface area (Å²) in [7, 11) is 0. The Morgan fingerprint density at radius 2 is 1.86 bits per heavy atom. The third-order valence-electron chi connectivity index (χ3n) is 3.50. The van der Waals surface area contributed by atoms with E-state index in [1.54, 1.807) is 12.1 Å². The minimum atomic E-state index is -0.347. The van der Waals surface area contributed by atoms with Gasteiger partial charge in [0.1, 0.15) is 12.0 Å². The van der Waals surface area contributed by atoms with Crippen molar-refractivity contribution in [1.29, 1.82) is 0 Å². The minimum Gasteiger partial charge on any atom is -0.321 e. The third kappa shape index (κ3) is 3.79. The van der Waals surface area contributed by atoms with Gasteiger partial charge in [0, 0.05) is 11.8 Å². The molecule has 0 bridgehead atoms. The van der Waals surface area contributed by atoms with Crippen LogP contribution in [0.25, 0.3) is 0 Å². The van der Waals surface area contributed by atoms with E-state index in [9.17, 15) is 10.0 Å². The molecule has 116 valence electrons. The summed E-state index contributed by atoms with van der Waals surface area (Å²) in [5.74, 6) is 0.191. The van der Waals surface area contributed by atoms with Crippen molar-refractivity contribution in [2.24, 2.45) is 5.92 Å². The molecular weight excluding hydrogens is 280 g/mol. The van der Waals surface area contributed by atoms with Crippen LogP contribution >= 0.6 is 0 Å². The molecule has 0 aliphatic rings. The summed E-state index contributed by atoms with van der Waals surface area (Å²) in [6.07, 6.45) is 1.27. The van der Waals surface area contributed by atoms with Crippen LogP contribution in [-0.4, -0.2) is 27.1 Å². The highest BCUT2D eigenvalue weighted by Crippen LogP contribution is 2.17. The van der Waals surface area contributed by atoms with Crippen molar-refractivity contribution in [1.82, 2.24) is 9.97 Å². The largest absolute Gasteiger partial charge is 0.321 e. The second-order valence-electron chi connectivity index (χ2n) is 5.41. The Balaban J connectivity index is 2.16. The van der Waals surface area contributed by atoms with Gasteiger partial charge in [0.2, 0.25) is 0 Å². The maximum Gasteiger partial charge on any atom is 0.274 e. The number of rotatable bonds is 5. The fourth-order valence-corrected chi connectivity index (χ4v) is 1.80. The van der Waals surface area contributed by atoms with E-state index in [-0.39, 0.29) is 23.6 Å². The first kappa shape index (κ1) is 15.9. The van der Waals surface area contributed by atoms with Crippen LogP contribution in [0.3, 0.4) is 0 Å². The van der Waals surface area contributed by atoms with Gasteiger partial charge in [0.15, 0.2) is 5.82 Å². The van der Waals surface area contributed by atoms with E-state index in [1.165, 1.54) is 12.4 Å². The summed E-state index contributed by atoms with van der Waals surface area (Å²) < 4.78 is 0. The molecule has 0 aliphatic carbocycles. The second kappa shape index (κ2) is 7.00. The topological polar surface area (TPSA) is 78.4 Å². The zero-order valence-electron chi connectivity index (χ0n) is 12.9. The molecule has 22 heavy (non-hydrogen) atoms. The van der Waals surface area contributed by atoms with E-state index in [2.05, 4.69) is 15.3 Å². The molecule has 6 nitrogen and oxygen atoms in total. The quantitative estimate of drug-likeness (QED) is 0.830. The van der Waals surface area contributed by atoms with Gasteiger partial charge in [-0.15, -0.1) is 0 Å². The van der Waals surface area contributed by atoms with Gasteiger partial charge in [0.05, 0.1) is 6.04 Å². The summed E-state index contributed by atoms with van der Waals surface area (Å²) in [6, 6.07) is 10.5. The predicted molar refractivity (Wildman–Crippen MR) is 85.0 cm³/mol. The van der Waals surface area contributed by atoms with Gasteiger partial charge < -0.3 is 5.32 Å². The summed E-state index contributed by atoms with van der Waals surface area (Å²) in [6.45, 7) is 5.88. The molecule has 1 aromatic heterocycles. The van der Waals surface area contributed by atoms with E-state index >= 15 is 0 Å². The lowest BCUT2D eigenvalue weighted by molar-refractivity contribution is 0.102. The molecule has 1 amide bonds. The Labute approximate surface area is 129 Å². The molecule has 0 aliphatic heterocycles. The number of hydrogen-bond donors (Lipinski definition) is 2. The van der Waals surface area contributed by atoms with E-state index in [0.29, 0.717) is 11.5 Å². The van der Waals surface area contributed by atoms with Gasteiger partial charge >= 0.3 is 0 Å². The number of carbonyl (C=O) groups excluding carboxylic acids is 1. The molecule has 0 saturated heterocycles. The molecule has 2 aromatic rings. The number of aromatic nitrogens is 2. The summed E-state index contributed by atoms with van der Waals surface area (Å²) in [5.41, 5.74) is 0.882. The second-order valence-corrected chi connectivity index (χ2v) is 5.41. The summed E-state index contributed by atoms with van der Waals surface area (Å²) in [5, 5.41) is 14.0. The average Bonchev–Trinajstić information content (AvgIpc) is 2.54. The van der Waals surface area contributed by atoms with Gasteiger partial charge in [-0.25, -0.2) is 15.0 Å². The van der Waals surface area contributed by atoms with Crippen LogP contribution in [0.5, 0.6) is 0 Å². The van der Waals surface area contributed by atoms with Crippen LogP contribution in [0.4, 0.5) is 11.5 Å². The molecule has 0 spiro atoms. The van der Waals surface area contributed by atoms with Crippen molar-refractivity contribution in [2.45, 2.75) is 26.8 Å². The van der Waals surface area contributed by atoms with Gasteiger partial charge in [-0.2, -0.15) is 0 Å². The van der Waals surface area contributed by atoms with Gasteiger partial charge in [0.25, 0.3) is 5.91 Å². The normalized spacial score (nSPS) is 12.0. The lowest BCUT2D eigenvalue weighted by Gasteiger charge is -2.26. The highest BCUT2D eigenvalue weighted by atomic mass is 16.5. The standard InChI is InChI=1S/C16H20N4O2/c1-11(2)12(3)20(22)15-9-14(17-10-18-15)16(21)19-13-7-5-4-6-8-13/h4-12,22H,1-3H3,(H,19,21)/t12-/m1/s1. The van der Waals surface area contributed by atoms with Crippen molar-refractivity contribution in [2.75, 3.05) is 10.4 Å². The maximum absolute atomic E-state index is 12.2. The predicted octanol–water partition coefficient (Wildman–Crippen LogP) is 2.97. The Bertz CT molecular complexity index is 631. The average molecular weight is 300 g/mol. The molecule has 0 saturated carbocycles. The Morgan fingerprint density at radius 1 is 1.18 bits per heavy atom. The monoisotopic (exact) mass is 300 g/mol. The lowest BCUT2D eigenvalue weighted by Crippen LogP contribution is -2.34. The zero-order chi connectivity index (χ0) is 16.1. The molecule has 6 heteroatoms. The van der Waals surface area contributed by atoms with Gasteiger partial charge in [-0.1, -0.05) is 32.0 Å². The number of carbonyl (C=O) groups is 1. The number of hydroxylamine groups is 1. The van der Waals surface area contributed by atoms with E-state index in [0.717, 1.165) is 5.06 Å². The van der Waals surface area contributed by atoms with Crippen molar-refractivity contribution in [3.8, 4) is 0 Å². The molecule has 1 atom stereocenters. The molecule has 2 N–H and O–H groups in total.